The lowest BCUT2D eigenvalue weighted by Crippen LogP contribution is -2.39. The number of ether oxygens (including phenoxy) is 1. The largest absolute Gasteiger partial charge is 0.383 e. The van der Waals surface area contributed by atoms with Gasteiger partial charge >= 0.3 is 0 Å². The highest BCUT2D eigenvalue weighted by atomic mass is 35.5. The monoisotopic (exact) mass is 304 g/mol. The van der Waals surface area contributed by atoms with Gasteiger partial charge in [-0.15, -0.1) is 11.3 Å². The van der Waals surface area contributed by atoms with Crippen LogP contribution in [0.25, 0.3) is 0 Å². The van der Waals surface area contributed by atoms with Gasteiger partial charge in [-0.25, -0.2) is 0 Å². The van der Waals surface area contributed by atoms with Crippen LogP contribution >= 0.6 is 22.9 Å². The Labute approximate surface area is 125 Å². The van der Waals surface area contributed by atoms with Crippen LogP contribution in [0.4, 0.5) is 0 Å². The molecule has 110 valence electrons. The van der Waals surface area contributed by atoms with Crippen LogP contribution in [0.3, 0.4) is 0 Å². The molecule has 0 aliphatic heterocycles. The SMILES string of the molecule is CCC(C)N(CCNCc1ccc(Cl)s1)CCOC. The number of nitrogens with zero attached hydrogens (tertiary/aromatic N) is 1. The summed E-state index contributed by atoms with van der Waals surface area (Å²) in [5, 5.41) is 3.47. The number of halogens is 1. The minimum Gasteiger partial charge on any atom is -0.383 e. The van der Waals surface area contributed by atoms with Crippen molar-refractivity contribution in [2.75, 3.05) is 33.4 Å². The van der Waals surface area contributed by atoms with E-state index in [4.69, 9.17) is 16.3 Å². The van der Waals surface area contributed by atoms with Crippen molar-refractivity contribution in [1.82, 2.24) is 10.2 Å². The number of hydrogen-bond acceptors (Lipinski definition) is 4. The van der Waals surface area contributed by atoms with Gasteiger partial charge in [-0.2, -0.15) is 0 Å². The van der Waals surface area contributed by atoms with E-state index in [2.05, 4.69) is 30.1 Å². The van der Waals surface area contributed by atoms with Crippen molar-refractivity contribution < 1.29 is 4.74 Å². The smallest absolute Gasteiger partial charge is 0.0931 e. The fourth-order valence-corrected chi connectivity index (χ4v) is 2.96. The van der Waals surface area contributed by atoms with E-state index in [-0.39, 0.29) is 0 Å². The Balaban J connectivity index is 2.23. The predicted octanol–water partition coefficient (Wildman–Crippen LogP) is 3.24. The summed E-state index contributed by atoms with van der Waals surface area (Å²) >= 11 is 7.55. The van der Waals surface area contributed by atoms with E-state index in [1.165, 1.54) is 11.3 Å². The molecular weight excluding hydrogens is 280 g/mol. The van der Waals surface area contributed by atoms with Crippen molar-refractivity contribution in [3.05, 3.63) is 21.3 Å². The Morgan fingerprint density at radius 2 is 2.21 bits per heavy atom. The summed E-state index contributed by atoms with van der Waals surface area (Å²) in [7, 11) is 1.76. The van der Waals surface area contributed by atoms with Crippen LogP contribution in [-0.2, 0) is 11.3 Å². The van der Waals surface area contributed by atoms with Crippen molar-refractivity contribution in [2.45, 2.75) is 32.9 Å². The zero-order valence-corrected chi connectivity index (χ0v) is 13.7. The van der Waals surface area contributed by atoms with Crippen LogP contribution in [0.5, 0.6) is 0 Å². The summed E-state index contributed by atoms with van der Waals surface area (Å²) < 4.78 is 6.03. The van der Waals surface area contributed by atoms with E-state index in [0.717, 1.165) is 37.1 Å². The topological polar surface area (TPSA) is 24.5 Å². The van der Waals surface area contributed by atoms with E-state index in [0.29, 0.717) is 6.04 Å². The Morgan fingerprint density at radius 1 is 1.42 bits per heavy atom. The quantitative estimate of drug-likeness (QED) is 0.672. The lowest BCUT2D eigenvalue weighted by Gasteiger charge is -2.28. The molecule has 0 saturated heterocycles. The first-order chi connectivity index (χ1) is 9.17. The van der Waals surface area contributed by atoms with Crippen LogP contribution in [0.2, 0.25) is 4.34 Å². The van der Waals surface area contributed by atoms with Crippen molar-refractivity contribution in [3.8, 4) is 0 Å². The second-order valence-corrected chi connectivity index (χ2v) is 6.47. The number of methoxy groups -OCH3 is 1. The highest BCUT2D eigenvalue weighted by molar-refractivity contribution is 7.16. The molecule has 1 aromatic heterocycles. The van der Waals surface area contributed by atoms with E-state index >= 15 is 0 Å². The summed E-state index contributed by atoms with van der Waals surface area (Å²) in [6.07, 6.45) is 1.17. The molecule has 1 N–H and O–H groups in total. The highest BCUT2D eigenvalue weighted by Crippen LogP contribution is 2.20. The van der Waals surface area contributed by atoms with Gasteiger partial charge in [-0.05, 0) is 25.5 Å². The maximum atomic E-state index is 5.91. The third kappa shape index (κ3) is 6.72. The van der Waals surface area contributed by atoms with E-state index in [9.17, 15) is 0 Å². The molecule has 1 heterocycles. The van der Waals surface area contributed by atoms with Gasteiger partial charge in [0.1, 0.15) is 0 Å². The lowest BCUT2D eigenvalue weighted by atomic mass is 10.2. The van der Waals surface area contributed by atoms with Crippen LogP contribution < -0.4 is 5.32 Å². The molecule has 1 atom stereocenters. The van der Waals surface area contributed by atoms with Crippen molar-refractivity contribution in [3.63, 3.8) is 0 Å². The van der Waals surface area contributed by atoms with Gasteiger partial charge in [0.25, 0.3) is 0 Å². The molecule has 0 fully saturated rings. The average Bonchev–Trinajstić information content (AvgIpc) is 2.83. The molecule has 19 heavy (non-hydrogen) atoms. The third-order valence-electron chi connectivity index (χ3n) is 3.30. The third-order valence-corrected chi connectivity index (χ3v) is 4.53. The molecule has 1 aromatic rings. The molecule has 0 radical (unpaired) electrons. The first-order valence-corrected chi connectivity index (χ1v) is 8.04. The molecule has 1 unspecified atom stereocenters. The summed E-state index contributed by atoms with van der Waals surface area (Å²) in [5.74, 6) is 0. The fourth-order valence-electron chi connectivity index (χ4n) is 1.90. The Hall–Kier alpha value is -0.130. The number of hydrogen-bond donors (Lipinski definition) is 1. The maximum absolute atomic E-state index is 5.91. The predicted molar refractivity (Wildman–Crippen MR) is 84.2 cm³/mol. The fraction of sp³-hybridized carbons (Fsp3) is 0.714. The lowest BCUT2D eigenvalue weighted by molar-refractivity contribution is 0.123. The molecule has 3 nitrogen and oxygen atoms in total. The molecular formula is C14H25ClN2OS. The van der Waals surface area contributed by atoms with Gasteiger partial charge in [-0.1, -0.05) is 18.5 Å². The average molecular weight is 305 g/mol. The normalized spacial score (nSPS) is 13.1. The standard InChI is InChI=1S/C14H25ClN2OS/c1-4-12(2)17(9-10-18-3)8-7-16-11-13-5-6-14(15)19-13/h5-6,12,16H,4,7-11H2,1-3H3. The summed E-state index contributed by atoms with van der Waals surface area (Å²) in [4.78, 5) is 3.76. The van der Waals surface area contributed by atoms with Gasteiger partial charge in [0.15, 0.2) is 0 Å². The van der Waals surface area contributed by atoms with Crippen LogP contribution in [0.15, 0.2) is 12.1 Å². The number of nitrogens with one attached hydrogen (secondary N) is 1. The second kappa shape index (κ2) is 9.72. The molecule has 5 heteroatoms. The molecule has 1 rings (SSSR count). The Morgan fingerprint density at radius 3 is 2.79 bits per heavy atom. The molecule has 0 bridgehead atoms. The van der Waals surface area contributed by atoms with Gasteiger partial charge in [0, 0.05) is 44.2 Å². The molecule has 0 aliphatic carbocycles. The zero-order chi connectivity index (χ0) is 14.1. The molecule has 0 spiro atoms. The molecule has 0 saturated carbocycles. The van der Waals surface area contributed by atoms with Crippen LogP contribution in [0.1, 0.15) is 25.1 Å². The summed E-state index contributed by atoms with van der Waals surface area (Å²) in [5.41, 5.74) is 0. The van der Waals surface area contributed by atoms with E-state index in [1.807, 2.05) is 6.07 Å². The van der Waals surface area contributed by atoms with E-state index < -0.39 is 0 Å². The minimum atomic E-state index is 0.605. The number of thiophene rings is 1. The van der Waals surface area contributed by atoms with Gasteiger partial charge in [0.2, 0.25) is 0 Å². The first kappa shape index (κ1) is 16.9. The summed E-state index contributed by atoms with van der Waals surface area (Å²) in [6.45, 7) is 9.24. The zero-order valence-electron chi connectivity index (χ0n) is 12.1. The second-order valence-electron chi connectivity index (χ2n) is 4.67. The molecule has 0 amide bonds. The van der Waals surface area contributed by atoms with Gasteiger partial charge < -0.3 is 10.1 Å². The first-order valence-electron chi connectivity index (χ1n) is 6.85. The van der Waals surface area contributed by atoms with Crippen LogP contribution in [0, 0.1) is 0 Å². The van der Waals surface area contributed by atoms with Crippen LogP contribution in [-0.4, -0.2) is 44.3 Å². The minimum absolute atomic E-state index is 0.605. The van der Waals surface area contributed by atoms with Crippen molar-refractivity contribution >= 4 is 22.9 Å². The van der Waals surface area contributed by atoms with Crippen molar-refractivity contribution in [2.24, 2.45) is 0 Å². The number of rotatable bonds is 10. The Kier molecular flexibility index (Phi) is 8.66. The van der Waals surface area contributed by atoms with Gasteiger partial charge in [-0.3, -0.25) is 4.90 Å². The highest BCUT2D eigenvalue weighted by Gasteiger charge is 2.10. The summed E-state index contributed by atoms with van der Waals surface area (Å²) in [6, 6.07) is 4.64. The van der Waals surface area contributed by atoms with E-state index in [1.54, 1.807) is 18.4 Å². The maximum Gasteiger partial charge on any atom is 0.0931 e. The molecule has 0 aromatic carbocycles. The Bertz CT molecular complexity index is 346. The van der Waals surface area contributed by atoms with Crippen molar-refractivity contribution in [1.29, 1.82) is 0 Å². The molecule has 0 aliphatic rings. The van der Waals surface area contributed by atoms with Gasteiger partial charge in [0.05, 0.1) is 10.9 Å².